The summed E-state index contributed by atoms with van der Waals surface area (Å²) in [6.07, 6.45) is 14.4. The van der Waals surface area contributed by atoms with Gasteiger partial charge in [-0.05, 0) is 66.4 Å². The summed E-state index contributed by atoms with van der Waals surface area (Å²) >= 11 is 4.06. The van der Waals surface area contributed by atoms with E-state index in [1.54, 1.807) is 5.30 Å². The Kier molecular flexibility index (Phi) is 10.9. The molecule has 1 unspecified atom stereocenters. The normalized spacial score (nSPS) is 17.8. The maximum absolute atomic E-state index is 9.33. The Morgan fingerprint density at radius 2 is 1.44 bits per heavy atom. The van der Waals surface area contributed by atoms with Crippen molar-refractivity contribution in [1.29, 1.82) is 0 Å². The minimum Gasteiger partial charge on any atom is -0.496 e. The van der Waals surface area contributed by atoms with Crippen molar-refractivity contribution in [2.24, 2.45) is 0 Å². The van der Waals surface area contributed by atoms with Gasteiger partial charge in [0.05, 0.1) is 7.11 Å². The number of ether oxygens (including phenoxy) is 1. The highest BCUT2D eigenvalue weighted by Gasteiger charge is 2.34. The molecule has 1 atom stereocenters. The summed E-state index contributed by atoms with van der Waals surface area (Å²) in [5.41, 5.74) is 5.93. The van der Waals surface area contributed by atoms with E-state index in [9.17, 15) is 4.21 Å². The lowest BCUT2D eigenvalue weighted by molar-refractivity contribution is 0.416. The van der Waals surface area contributed by atoms with Crippen molar-refractivity contribution >= 4 is 41.8 Å². The Balaban J connectivity index is 0.000000668. The molecule has 176 valence electrons. The van der Waals surface area contributed by atoms with Crippen LogP contribution in [0.1, 0.15) is 69.8 Å². The Morgan fingerprint density at radius 1 is 0.906 bits per heavy atom. The SMILES string of the molecule is COc1cccc(C)c1-c1ccccc1P(C1CCCCC1)C1CCCCC1.O=[S-](P)=S. The van der Waals surface area contributed by atoms with Gasteiger partial charge in [0.1, 0.15) is 5.75 Å². The second kappa shape index (κ2) is 13.4. The van der Waals surface area contributed by atoms with Crippen LogP contribution >= 0.6 is 16.4 Å². The Morgan fingerprint density at radius 3 is 1.97 bits per heavy atom. The van der Waals surface area contributed by atoms with Gasteiger partial charge in [0.25, 0.3) is 0 Å². The third-order valence-electron chi connectivity index (χ3n) is 6.84. The van der Waals surface area contributed by atoms with Crippen molar-refractivity contribution in [3.8, 4) is 16.9 Å². The summed E-state index contributed by atoms with van der Waals surface area (Å²) in [6.45, 7) is 2.23. The quantitative estimate of drug-likeness (QED) is 0.307. The minimum absolute atomic E-state index is 0.122. The molecule has 0 aliphatic heterocycles. The molecule has 2 aromatic carbocycles. The molecule has 2 aromatic rings. The highest BCUT2D eigenvalue weighted by Crippen LogP contribution is 2.56. The van der Waals surface area contributed by atoms with E-state index < -0.39 is 8.98 Å². The van der Waals surface area contributed by atoms with Gasteiger partial charge >= 0.3 is 0 Å². The van der Waals surface area contributed by atoms with Gasteiger partial charge in [-0.1, -0.05) is 82.8 Å². The van der Waals surface area contributed by atoms with E-state index in [0.29, 0.717) is 0 Å². The van der Waals surface area contributed by atoms with Crippen LogP contribution in [0.4, 0.5) is 0 Å². The molecule has 2 aliphatic carbocycles. The van der Waals surface area contributed by atoms with Crippen LogP contribution in [0.5, 0.6) is 5.75 Å². The molecular formula is C26H37O2P2S2-. The van der Waals surface area contributed by atoms with Crippen LogP contribution in [0.2, 0.25) is 0 Å². The monoisotopic (exact) mass is 507 g/mol. The van der Waals surface area contributed by atoms with Crippen LogP contribution < -0.4 is 10.0 Å². The predicted molar refractivity (Wildman–Crippen MR) is 149 cm³/mol. The number of methoxy groups -OCH3 is 1. The van der Waals surface area contributed by atoms with Crippen molar-refractivity contribution in [2.45, 2.75) is 82.4 Å². The molecule has 4 rings (SSSR count). The van der Waals surface area contributed by atoms with Crippen LogP contribution in [0.3, 0.4) is 0 Å². The lowest BCUT2D eigenvalue weighted by atomic mass is 9.99. The first-order chi connectivity index (χ1) is 15.5. The standard InChI is InChI=1S/C26H35OP.H2OPS2/c1-20-12-11-18-24(27-2)26(20)23-17-9-10-19-25(23)28(21-13-5-3-6-14-21)22-15-7-4-8-16-22;1-4(2)3/h9-12,17-19,21-22H,3-8,13-16H2,1-2H3;2H2/q;-1. The Hall–Kier alpha value is -0.530. The van der Waals surface area contributed by atoms with Gasteiger partial charge in [-0.15, -0.1) is 0 Å². The van der Waals surface area contributed by atoms with E-state index in [-0.39, 0.29) is 7.92 Å². The van der Waals surface area contributed by atoms with Crippen LogP contribution in [0.25, 0.3) is 11.1 Å². The molecule has 0 bridgehead atoms. The molecule has 2 fully saturated rings. The largest absolute Gasteiger partial charge is 0.496 e. The van der Waals surface area contributed by atoms with E-state index in [2.05, 4.69) is 60.6 Å². The maximum Gasteiger partial charge on any atom is 0.126 e. The fraction of sp³-hybridized carbons (Fsp3) is 0.538. The molecule has 2 aliphatic rings. The molecule has 0 radical (unpaired) electrons. The maximum atomic E-state index is 9.33. The first-order valence-corrected chi connectivity index (χ1v) is 16.9. The van der Waals surface area contributed by atoms with Crippen LogP contribution in [0, 0.1) is 6.92 Å². The van der Waals surface area contributed by atoms with Crippen LogP contribution in [0.15, 0.2) is 42.5 Å². The third kappa shape index (κ3) is 6.99. The van der Waals surface area contributed by atoms with E-state index in [4.69, 9.17) is 4.74 Å². The van der Waals surface area contributed by atoms with Crippen LogP contribution in [-0.4, -0.2) is 18.4 Å². The molecule has 0 spiro atoms. The lowest BCUT2D eigenvalue weighted by Gasteiger charge is -2.39. The molecule has 2 saturated carbocycles. The van der Waals surface area contributed by atoms with Gasteiger partial charge in [-0.2, -0.15) is 17.4 Å². The summed E-state index contributed by atoms with van der Waals surface area (Å²) < 4.78 is 15.1. The third-order valence-corrected chi connectivity index (χ3v) is 10.4. The van der Waals surface area contributed by atoms with E-state index in [1.165, 1.54) is 80.9 Å². The van der Waals surface area contributed by atoms with Crippen molar-refractivity contribution < 1.29 is 8.95 Å². The molecule has 2 nitrogen and oxygen atoms in total. The topological polar surface area (TPSA) is 26.3 Å². The fourth-order valence-electron chi connectivity index (χ4n) is 5.48. The molecule has 0 heterocycles. The van der Waals surface area contributed by atoms with E-state index >= 15 is 0 Å². The highest BCUT2D eigenvalue weighted by atomic mass is 33.1. The summed E-state index contributed by atoms with van der Waals surface area (Å²) in [6, 6.07) is 15.8. The number of rotatable bonds is 5. The molecule has 6 heteroatoms. The molecule has 0 aromatic heterocycles. The van der Waals surface area contributed by atoms with Gasteiger partial charge in [-0.25, -0.2) is 11.2 Å². The zero-order valence-electron chi connectivity index (χ0n) is 19.4. The highest BCUT2D eigenvalue weighted by molar-refractivity contribution is 8.50. The Bertz CT molecular complexity index is 907. The first kappa shape index (κ1) is 26.1. The van der Waals surface area contributed by atoms with Crippen LogP contribution in [-0.2, 0) is 24.4 Å². The van der Waals surface area contributed by atoms with Gasteiger partial charge in [0.2, 0.25) is 0 Å². The number of hydrogen-bond donors (Lipinski definition) is 0. The number of benzene rings is 2. The van der Waals surface area contributed by atoms with Crippen molar-refractivity contribution in [2.75, 3.05) is 7.11 Å². The second-order valence-electron chi connectivity index (χ2n) is 8.92. The summed E-state index contributed by atoms with van der Waals surface area (Å²) in [5, 5.41) is 1.66. The average Bonchev–Trinajstić information content (AvgIpc) is 2.81. The second-order valence-corrected chi connectivity index (χ2v) is 15.5. The Labute approximate surface area is 204 Å². The van der Waals surface area contributed by atoms with Crippen molar-refractivity contribution in [3.05, 3.63) is 48.0 Å². The molecule has 0 amide bonds. The molecule has 0 N–H and O–H groups in total. The van der Waals surface area contributed by atoms with E-state index in [1.807, 2.05) is 15.6 Å². The van der Waals surface area contributed by atoms with Crippen molar-refractivity contribution in [1.82, 2.24) is 0 Å². The van der Waals surface area contributed by atoms with E-state index in [0.717, 1.165) is 17.1 Å². The summed E-state index contributed by atoms with van der Waals surface area (Å²) in [4.78, 5) is 0. The minimum atomic E-state index is -1.11. The van der Waals surface area contributed by atoms with Gasteiger partial charge < -0.3 is 8.95 Å². The zero-order valence-corrected chi connectivity index (χ0v) is 23.1. The van der Waals surface area contributed by atoms with Crippen molar-refractivity contribution in [3.63, 3.8) is 0 Å². The average molecular weight is 508 g/mol. The lowest BCUT2D eigenvalue weighted by Crippen LogP contribution is -2.27. The summed E-state index contributed by atoms with van der Waals surface area (Å²) in [7, 11) is 2.52. The molecular weight excluding hydrogens is 470 g/mol. The molecule has 0 saturated heterocycles. The summed E-state index contributed by atoms with van der Waals surface area (Å²) in [5.74, 6) is 1.02. The van der Waals surface area contributed by atoms with Gasteiger partial charge in [0, 0.05) is 5.56 Å². The number of aryl methyl sites for hydroxylation is 1. The smallest absolute Gasteiger partial charge is 0.126 e. The molecule has 32 heavy (non-hydrogen) atoms. The van der Waals surface area contributed by atoms with Gasteiger partial charge in [0.15, 0.2) is 0 Å². The zero-order chi connectivity index (χ0) is 22.9. The first-order valence-electron chi connectivity index (χ1n) is 11.9. The predicted octanol–water partition coefficient (Wildman–Crippen LogP) is 7.65. The number of hydrogen-bond acceptors (Lipinski definition) is 4. The van der Waals surface area contributed by atoms with Gasteiger partial charge in [-0.3, -0.25) is 0 Å². The fourth-order valence-corrected chi connectivity index (χ4v) is 9.43.